The van der Waals surface area contributed by atoms with E-state index in [2.05, 4.69) is 27.6 Å². The number of aromatic nitrogens is 2. The van der Waals surface area contributed by atoms with Gasteiger partial charge in [0.05, 0.1) is 17.2 Å². The Kier molecular flexibility index (Phi) is 5.56. The van der Waals surface area contributed by atoms with Crippen molar-refractivity contribution in [3.8, 4) is 0 Å². The van der Waals surface area contributed by atoms with Crippen molar-refractivity contribution in [2.75, 3.05) is 25.0 Å². The van der Waals surface area contributed by atoms with Crippen molar-refractivity contribution in [2.24, 2.45) is 0 Å². The van der Waals surface area contributed by atoms with E-state index in [4.69, 9.17) is 0 Å². The number of amides is 2. The second kappa shape index (κ2) is 7.86. The van der Waals surface area contributed by atoms with Gasteiger partial charge in [-0.15, -0.1) is 0 Å². The topological polar surface area (TPSA) is 58.4 Å². The quantitative estimate of drug-likeness (QED) is 0.704. The molecular weight excluding hydrogens is 396 g/mol. The SMILES string of the molecule is C=CC(=O)N1CCCc2cc(C(=O)N(C)CCn3cc(Br)cn3)ccc21. The fourth-order valence-corrected chi connectivity index (χ4v) is 3.43. The number of hydrogen-bond acceptors (Lipinski definition) is 3. The first-order valence-electron chi connectivity index (χ1n) is 8.50. The molecule has 136 valence electrons. The number of halogens is 1. The molecule has 0 bridgehead atoms. The molecule has 7 heteroatoms. The zero-order valence-corrected chi connectivity index (χ0v) is 16.3. The van der Waals surface area contributed by atoms with Crippen molar-refractivity contribution in [3.05, 3.63) is 58.8 Å². The molecule has 1 aliphatic heterocycles. The second-order valence-corrected chi connectivity index (χ2v) is 7.21. The van der Waals surface area contributed by atoms with Crippen LogP contribution in [-0.4, -0.2) is 46.6 Å². The molecule has 1 aromatic carbocycles. The molecule has 0 saturated carbocycles. The Morgan fingerprint density at radius 1 is 1.42 bits per heavy atom. The molecule has 2 aromatic rings. The summed E-state index contributed by atoms with van der Waals surface area (Å²) in [5.74, 6) is -0.140. The minimum atomic E-state index is -0.104. The van der Waals surface area contributed by atoms with E-state index in [-0.39, 0.29) is 11.8 Å². The summed E-state index contributed by atoms with van der Waals surface area (Å²) in [6.45, 7) is 5.43. The average molecular weight is 417 g/mol. The van der Waals surface area contributed by atoms with Crippen LogP contribution in [0.2, 0.25) is 0 Å². The van der Waals surface area contributed by atoms with Crippen LogP contribution in [-0.2, 0) is 17.8 Å². The Labute approximate surface area is 161 Å². The summed E-state index contributed by atoms with van der Waals surface area (Å²) in [5, 5.41) is 4.20. The predicted molar refractivity (Wildman–Crippen MR) is 104 cm³/mol. The number of likely N-dealkylation sites (N-methyl/N-ethyl adjacent to an activating group) is 1. The average Bonchev–Trinajstić information content (AvgIpc) is 3.09. The van der Waals surface area contributed by atoms with Gasteiger partial charge in [-0.2, -0.15) is 5.10 Å². The van der Waals surface area contributed by atoms with E-state index in [1.54, 1.807) is 33.8 Å². The van der Waals surface area contributed by atoms with Crippen molar-refractivity contribution >= 4 is 33.4 Å². The molecule has 0 fully saturated rings. The molecule has 1 aliphatic rings. The van der Waals surface area contributed by atoms with Crippen molar-refractivity contribution in [1.82, 2.24) is 14.7 Å². The minimum Gasteiger partial charge on any atom is -0.340 e. The predicted octanol–water partition coefficient (Wildman–Crippen LogP) is 2.88. The van der Waals surface area contributed by atoms with Crippen molar-refractivity contribution in [2.45, 2.75) is 19.4 Å². The third kappa shape index (κ3) is 3.88. The van der Waals surface area contributed by atoms with Gasteiger partial charge in [0, 0.05) is 37.6 Å². The number of fused-ring (bicyclic) bond motifs is 1. The lowest BCUT2D eigenvalue weighted by molar-refractivity contribution is -0.114. The highest BCUT2D eigenvalue weighted by Gasteiger charge is 2.22. The van der Waals surface area contributed by atoms with Gasteiger partial charge in [0.2, 0.25) is 5.91 Å². The zero-order chi connectivity index (χ0) is 18.7. The first kappa shape index (κ1) is 18.4. The summed E-state index contributed by atoms with van der Waals surface area (Å²) in [6.07, 6.45) is 6.68. The van der Waals surface area contributed by atoms with E-state index < -0.39 is 0 Å². The summed E-state index contributed by atoms with van der Waals surface area (Å²) in [5.41, 5.74) is 2.55. The van der Waals surface area contributed by atoms with Crippen molar-refractivity contribution in [3.63, 3.8) is 0 Å². The molecule has 0 unspecified atom stereocenters. The van der Waals surface area contributed by atoms with Gasteiger partial charge in [-0.25, -0.2) is 0 Å². The summed E-state index contributed by atoms with van der Waals surface area (Å²) < 4.78 is 2.71. The summed E-state index contributed by atoms with van der Waals surface area (Å²) in [7, 11) is 1.79. The van der Waals surface area contributed by atoms with Crippen LogP contribution < -0.4 is 4.90 Å². The van der Waals surface area contributed by atoms with Gasteiger partial charge in [0.25, 0.3) is 5.91 Å². The van der Waals surface area contributed by atoms with Gasteiger partial charge in [-0.05, 0) is 58.6 Å². The van der Waals surface area contributed by atoms with Crippen LogP contribution in [0.3, 0.4) is 0 Å². The van der Waals surface area contributed by atoms with E-state index in [1.165, 1.54) is 6.08 Å². The number of nitrogens with zero attached hydrogens (tertiary/aromatic N) is 4. The molecule has 0 N–H and O–H groups in total. The normalized spacial score (nSPS) is 13.2. The van der Waals surface area contributed by atoms with Crippen LogP contribution in [0, 0.1) is 0 Å². The van der Waals surface area contributed by atoms with Crippen molar-refractivity contribution in [1.29, 1.82) is 0 Å². The molecular formula is C19H21BrN4O2. The van der Waals surface area contributed by atoms with E-state index in [0.717, 1.165) is 28.6 Å². The standard InChI is InChI=1S/C19H21BrN4O2/c1-3-18(25)24-8-4-5-14-11-15(6-7-17(14)24)19(26)22(2)9-10-23-13-16(20)12-21-23/h3,6-7,11-13H,1,4-5,8-10H2,2H3. The Hall–Kier alpha value is -2.41. The first-order chi connectivity index (χ1) is 12.5. The highest BCUT2D eigenvalue weighted by atomic mass is 79.9. The smallest absolute Gasteiger partial charge is 0.253 e. The molecule has 3 rings (SSSR count). The number of benzene rings is 1. The number of carbonyl (C=O) groups excluding carboxylic acids is 2. The van der Waals surface area contributed by atoms with Gasteiger partial charge >= 0.3 is 0 Å². The van der Waals surface area contributed by atoms with E-state index >= 15 is 0 Å². The Morgan fingerprint density at radius 3 is 2.92 bits per heavy atom. The molecule has 26 heavy (non-hydrogen) atoms. The third-order valence-corrected chi connectivity index (χ3v) is 4.91. The number of aryl methyl sites for hydroxylation is 1. The number of rotatable bonds is 5. The lowest BCUT2D eigenvalue weighted by atomic mass is 9.98. The van der Waals surface area contributed by atoms with Crippen LogP contribution >= 0.6 is 15.9 Å². The lowest BCUT2D eigenvalue weighted by Gasteiger charge is -2.29. The molecule has 0 saturated heterocycles. The molecule has 2 heterocycles. The monoisotopic (exact) mass is 416 g/mol. The zero-order valence-electron chi connectivity index (χ0n) is 14.7. The van der Waals surface area contributed by atoms with E-state index in [1.807, 2.05) is 18.3 Å². The van der Waals surface area contributed by atoms with E-state index in [0.29, 0.717) is 25.2 Å². The van der Waals surface area contributed by atoms with Crippen LogP contribution in [0.1, 0.15) is 22.3 Å². The van der Waals surface area contributed by atoms with Gasteiger partial charge in [0.1, 0.15) is 0 Å². The molecule has 0 atom stereocenters. The molecule has 0 aliphatic carbocycles. The Bertz CT molecular complexity index is 846. The van der Waals surface area contributed by atoms with Gasteiger partial charge in [-0.1, -0.05) is 6.58 Å². The molecule has 0 radical (unpaired) electrons. The summed E-state index contributed by atoms with van der Waals surface area (Å²) >= 11 is 3.36. The third-order valence-electron chi connectivity index (χ3n) is 4.50. The van der Waals surface area contributed by atoms with Crippen LogP contribution in [0.15, 0.2) is 47.7 Å². The van der Waals surface area contributed by atoms with Crippen LogP contribution in [0.25, 0.3) is 0 Å². The second-order valence-electron chi connectivity index (χ2n) is 6.29. The number of anilines is 1. The Morgan fingerprint density at radius 2 is 2.23 bits per heavy atom. The van der Waals surface area contributed by atoms with Crippen molar-refractivity contribution < 1.29 is 9.59 Å². The van der Waals surface area contributed by atoms with Gasteiger partial charge in [0.15, 0.2) is 0 Å². The highest BCUT2D eigenvalue weighted by Crippen LogP contribution is 2.28. The molecule has 2 amide bonds. The fraction of sp³-hybridized carbons (Fsp3) is 0.316. The van der Waals surface area contributed by atoms with Gasteiger partial charge in [-0.3, -0.25) is 14.3 Å². The molecule has 6 nitrogen and oxygen atoms in total. The maximum Gasteiger partial charge on any atom is 0.253 e. The Balaban J connectivity index is 1.71. The maximum absolute atomic E-state index is 12.7. The number of carbonyl (C=O) groups is 2. The maximum atomic E-state index is 12.7. The number of hydrogen-bond donors (Lipinski definition) is 0. The summed E-state index contributed by atoms with van der Waals surface area (Å²) in [6, 6.07) is 5.56. The lowest BCUT2D eigenvalue weighted by Crippen LogP contribution is -2.34. The van der Waals surface area contributed by atoms with E-state index in [9.17, 15) is 9.59 Å². The van der Waals surface area contributed by atoms with Gasteiger partial charge < -0.3 is 9.80 Å². The highest BCUT2D eigenvalue weighted by molar-refractivity contribution is 9.10. The van der Waals surface area contributed by atoms with Crippen LogP contribution in [0.5, 0.6) is 0 Å². The molecule has 0 spiro atoms. The fourth-order valence-electron chi connectivity index (χ4n) is 3.10. The van der Waals surface area contributed by atoms with Crippen LogP contribution in [0.4, 0.5) is 5.69 Å². The largest absolute Gasteiger partial charge is 0.340 e. The minimum absolute atomic E-state index is 0.0359. The first-order valence-corrected chi connectivity index (χ1v) is 9.29. The summed E-state index contributed by atoms with van der Waals surface area (Å²) in [4.78, 5) is 28.1. The molecule has 1 aromatic heterocycles.